The standard InChI is InChI=1S/C24H40N2O5/c1-3-4-5-6-7-11-17-22(27)26-21(23(28)30-2)16-12-13-18-25-24(29)31-19-20-14-9-8-10-15-20/h8-10,14-15,21-22,26-27H,3-7,11-13,16-19H2,1-2H3,(H,25,29). The molecule has 7 nitrogen and oxygen atoms in total. The van der Waals surface area contributed by atoms with Crippen molar-refractivity contribution in [1.82, 2.24) is 10.6 Å². The van der Waals surface area contributed by atoms with E-state index >= 15 is 0 Å². The average Bonchev–Trinajstić information content (AvgIpc) is 2.79. The van der Waals surface area contributed by atoms with Crippen LogP contribution in [-0.2, 0) is 20.9 Å². The van der Waals surface area contributed by atoms with E-state index in [1.807, 2.05) is 30.3 Å². The van der Waals surface area contributed by atoms with E-state index in [2.05, 4.69) is 17.6 Å². The lowest BCUT2D eigenvalue weighted by molar-refractivity contribution is -0.144. The first kappa shape index (κ1) is 26.9. The summed E-state index contributed by atoms with van der Waals surface area (Å²) in [6.07, 6.45) is 8.28. The molecule has 31 heavy (non-hydrogen) atoms. The van der Waals surface area contributed by atoms with Crippen LogP contribution in [0.25, 0.3) is 0 Å². The Hall–Kier alpha value is -2.12. The van der Waals surface area contributed by atoms with Crippen molar-refractivity contribution < 1.29 is 24.2 Å². The molecular weight excluding hydrogens is 396 g/mol. The molecule has 2 unspecified atom stereocenters. The van der Waals surface area contributed by atoms with Gasteiger partial charge in [-0.3, -0.25) is 10.1 Å². The summed E-state index contributed by atoms with van der Waals surface area (Å²) in [7, 11) is 1.35. The minimum atomic E-state index is -0.721. The monoisotopic (exact) mass is 436 g/mol. The van der Waals surface area contributed by atoms with Crippen LogP contribution in [0.3, 0.4) is 0 Å². The summed E-state index contributed by atoms with van der Waals surface area (Å²) in [6, 6.07) is 8.94. The number of aliphatic hydroxyl groups excluding tert-OH is 1. The molecule has 7 heteroatoms. The summed E-state index contributed by atoms with van der Waals surface area (Å²) >= 11 is 0. The number of ether oxygens (including phenoxy) is 2. The first-order chi connectivity index (χ1) is 15.1. The van der Waals surface area contributed by atoms with Gasteiger partial charge in [0.05, 0.1) is 7.11 Å². The Morgan fingerprint density at radius 3 is 2.35 bits per heavy atom. The molecule has 0 aliphatic carbocycles. The van der Waals surface area contributed by atoms with E-state index in [-0.39, 0.29) is 12.6 Å². The van der Waals surface area contributed by atoms with E-state index < -0.39 is 18.4 Å². The second kappa shape index (κ2) is 17.5. The van der Waals surface area contributed by atoms with Crippen LogP contribution >= 0.6 is 0 Å². The molecule has 0 aliphatic rings. The Bertz CT molecular complexity index is 597. The van der Waals surface area contributed by atoms with Crippen molar-refractivity contribution in [3.05, 3.63) is 35.9 Å². The number of methoxy groups -OCH3 is 1. The van der Waals surface area contributed by atoms with Gasteiger partial charge >= 0.3 is 12.1 Å². The molecule has 0 fully saturated rings. The highest BCUT2D eigenvalue weighted by molar-refractivity contribution is 5.75. The zero-order valence-electron chi connectivity index (χ0n) is 19.1. The molecule has 0 saturated carbocycles. The number of amides is 1. The number of unbranched alkanes of at least 4 members (excludes halogenated alkanes) is 6. The van der Waals surface area contributed by atoms with Gasteiger partial charge in [-0.2, -0.15) is 0 Å². The normalized spacial score (nSPS) is 12.7. The third kappa shape index (κ3) is 13.7. The molecule has 0 bridgehead atoms. The van der Waals surface area contributed by atoms with Gasteiger partial charge < -0.3 is 19.9 Å². The number of esters is 1. The quantitative estimate of drug-likeness (QED) is 0.192. The maximum atomic E-state index is 12.0. The van der Waals surface area contributed by atoms with Gasteiger partial charge in [-0.15, -0.1) is 0 Å². The summed E-state index contributed by atoms with van der Waals surface area (Å²) in [6.45, 7) is 2.88. The lowest BCUT2D eigenvalue weighted by Crippen LogP contribution is -2.44. The Balaban J connectivity index is 2.17. The van der Waals surface area contributed by atoms with Gasteiger partial charge in [-0.1, -0.05) is 69.4 Å². The molecular formula is C24H40N2O5. The lowest BCUT2D eigenvalue weighted by Gasteiger charge is -2.20. The van der Waals surface area contributed by atoms with Crippen LogP contribution in [0.5, 0.6) is 0 Å². The van der Waals surface area contributed by atoms with E-state index in [1.165, 1.54) is 32.8 Å². The number of hydrogen-bond donors (Lipinski definition) is 3. The summed E-state index contributed by atoms with van der Waals surface area (Å²) in [5.41, 5.74) is 0.934. The van der Waals surface area contributed by atoms with Gasteiger partial charge in [-0.25, -0.2) is 4.79 Å². The second-order valence-electron chi connectivity index (χ2n) is 7.80. The largest absolute Gasteiger partial charge is 0.468 e. The molecule has 0 saturated heterocycles. The highest BCUT2D eigenvalue weighted by Gasteiger charge is 2.21. The van der Waals surface area contributed by atoms with Crippen LogP contribution in [0.2, 0.25) is 0 Å². The van der Waals surface area contributed by atoms with E-state index in [1.54, 1.807) is 0 Å². The molecule has 1 rings (SSSR count). The fourth-order valence-corrected chi connectivity index (χ4v) is 3.28. The molecule has 0 spiro atoms. The smallest absolute Gasteiger partial charge is 0.407 e. The van der Waals surface area contributed by atoms with Gasteiger partial charge in [0.25, 0.3) is 0 Å². The van der Waals surface area contributed by atoms with Crippen molar-refractivity contribution in [3.8, 4) is 0 Å². The Labute approximate surface area is 186 Å². The third-order valence-corrected chi connectivity index (χ3v) is 5.11. The minimum Gasteiger partial charge on any atom is -0.468 e. The second-order valence-corrected chi connectivity index (χ2v) is 7.80. The number of rotatable bonds is 17. The molecule has 3 N–H and O–H groups in total. The average molecular weight is 437 g/mol. The van der Waals surface area contributed by atoms with E-state index in [9.17, 15) is 14.7 Å². The van der Waals surface area contributed by atoms with E-state index in [0.29, 0.717) is 32.2 Å². The van der Waals surface area contributed by atoms with Crippen LogP contribution in [0.15, 0.2) is 30.3 Å². The fourth-order valence-electron chi connectivity index (χ4n) is 3.28. The summed E-state index contributed by atoms with van der Waals surface area (Å²) in [5, 5.41) is 15.9. The molecule has 0 heterocycles. The molecule has 1 amide bonds. The predicted molar refractivity (Wildman–Crippen MR) is 121 cm³/mol. The number of benzene rings is 1. The summed E-state index contributed by atoms with van der Waals surface area (Å²) in [5.74, 6) is -0.378. The van der Waals surface area contributed by atoms with Crippen LogP contribution in [0.4, 0.5) is 4.79 Å². The van der Waals surface area contributed by atoms with Gasteiger partial charge in [0.2, 0.25) is 0 Å². The number of hydrogen-bond acceptors (Lipinski definition) is 6. The lowest BCUT2D eigenvalue weighted by atomic mass is 10.1. The van der Waals surface area contributed by atoms with Crippen LogP contribution < -0.4 is 10.6 Å². The third-order valence-electron chi connectivity index (χ3n) is 5.11. The van der Waals surface area contributed by atoms with Crippen LogP contribution in [0.1, 0.15) is 76.7 Å². The topological polar surface area (TPSA) is 96.9 Å². The molecule has 2 atom stereocenters. The van der Waals surface area contributed by atoms with Crippen LogP contribution in [0, 0.1) is 0 Å². The number of carbonyl (C=O) groups excluding carboxylic acids is 2. The van der Waals surface area contributed by atoms with Crippen molar-refractivity contribution in [2.75, 3.05) is 13.7 Å². The molecule has 1 aromatic carbocycles. The molecule has 0 aliphatic heterocycles. The van der Waals surface area contributed by atoms with Crippen molar-refractivity contribution in [2.45, 2.75) is 90.0 Å². The van der Waals surface area contributed by atoms with Crippen molar-refractivity contribution in [1.29, 1.82) is 0 Å². The number of carbonyl (C=O) groups is 2. The zero-order chi connectivity index (χ0) is 22.7. The van der Waals surface area contributed by atoms with E-state index in [0.717, 1.165) is 18.4 Å². The molecule has 1 aromatic rings. The van der Waals surface area contributed by atoms with Gasteiger partial charge in [0, 0.05) is 6.54 Å². The van der Waals surface area contributed by atoms with Crippen LogP contribution in [-0.4, -0.2) is 43.1 Å². The predicted octanol–water partition coefficient (Wildman–Crippen LogP) is 4.28. The minimum absolute atomic E-state index is 0.234. The first-order valence-corrected chi connectivity index (χ1v) is 11.5. The molecule has 176 valence electrons. The number of aliphatic hydroxyl groups is 1. The highest BCUT2D eigenvalue weighted by Crippen LogP contribution is 2.10. The summed E-state index contributed by atoms with van der Waals surface area (Å²) < 4.78 is 10.0. The van der Waals surface area contributed by atoms with Crippen molar-refractivity contribution >= 4 is 12.1 Å². The SMILES string of the molecule is CCCCCCCCC(O)NC(CCCCNC(=O)OCc1ccccc1)C(=O)OC. The maximum absolute atomic E-state index is 12.0. The van der Waals surface area contributed by atoms with Crippen molar-refractivity contribution in [3.63, 3.8) is 0 Å². The maximum Gasteiger partial charge on any atom is 0.407 e. The Kier molecular flexibility index (Phi) is 15.2. The fraction of sp³-hybridized carbons (Fsp3) is 0.667. The van der Waals surface area contributed by atoms with E-state index in [4.69, 9.17) is 9.47 Å². The Morgan fingerprint density at radius 2 is 1.65 bits per heavy atom. The van der Waals surface area contributed by atoms with Crippen molar-refractivity contribution in [2.24, 2.45) is 0 Å². The molecule has 0 aromatic heterocycles. The number of nitrogens with one attached hydrogen (secondary N) is 2. The number of alkyl carbamates (subject to hydrolysis) is 1. The Morgan fingerprint density at radius 1 is 0.968 bits per heavy atom. The van der Waals surface area contributed by atoms with Gasteiger partial charge in [0.1, 0.15) is 18.9 Å². The zero-order valence-corrected chi connectivity index (χ0v) is 19.1. The highest BCUT2D eigenvalue weighted by atomic mass is 16.5. The van der Waals surface area contributed by atoms with Gasteiger partial charge in [0.15, 0.2) is 0 Å². The summed E-state index contributed by atoms with van der Waals surface area (Å²) in [4.78, 5) is 23.7. The van der Waals surface area contributed by atoms with Gasteiger partial charge in [-0.05, 0) is 37.7 Å². The first-order valence-electron chi connectivity index (χ1n) is 11.5. The molecule has 0 radical (unpaired) electrons.